The van der Waals surface area contributed by atoms with Crippen LogP contribution in [0.2, 0.25) is 0 Å². The average molecular weight is 294 g/mol. The fourth-order valence-electron chi connectivity index (χ4n) is 1.98. The van der Waals surface area contributed by atoms with Crippen LogP contribution in [0.4, 0.5) is 0 Å². The number of carbonyl (C=O) groups is 2. The highest BCUT2D eigenvalue weighted by Crippen LogP contribution is 2.23. The molecule has 0 unspecified atom stereocenters. The Morgan fingerprint density at radius 1 is 0.955 bits per heavy atom. The molecule has 112 valence electrons. The highest BCUT2D eigenvalue weighted by atomic mass is 16.5. The molecule has 2 aromatic rings. The third kappa shape index (κ3) is 3.70. The summed E-state index contributed by atoms with van der Waals surface area (Å²) in [4.78, 5) is 23.2. The Bertz CT molecular complexity index is 717. The van der Waals surface area contributed by atoms with E-state index in [9.17, 15) is 9.59 Å². The molecule has 2 aromatic carbocycles. The topological polar surface area (TPSA) is 43.4 Å². The van der Waals surface area contributed by atoms with E-state index in [2.05, 4.69) is 13.2 Å². The molecular weight excluding hydrogens is 276 g/mol. The van der Waals surface area contributed by atoms with Crippen molar-refractivity contribution in [3.8, 4) is 5.75 Å². The number of Topliss-reactive ketones (excluding diaryl/α,β-unsaturated/α-hetero) is 1. The number of hydrogen-bond acceptors (Lipinski definition) is 3. The van der Waals surface area contributed by atoms with Crippen LogP contribution in [0.5, 0.6) is 5.75 Å². The molecule has 0 amide bonds. The van der Waals surface area contributed by atoms with E-state index in [0.29, 0.717) is 23.3 Å². The van der Waals surface area contributed by atoms with Crippen LogP contribution in [0.25, 0.3) is 10.8 Å². The van der Waals surface area contributed by atoms with Gasteiger partial charge in [0, 0.05) is 12.0 Å². The van der Waals surface area contributed by atoms with Gasteiger partial charge in [-0.15, -0.1) is 0 Å². The number of ether oxygens (including phenoxy) is 1. The fourth-order valence-corrected chi connectivity index (χ4v) is 1.98. The number of esters is 1. The molecule has 22 heavy (non-hydrogen) atoms. The lowest BCUT2D eigenvalue weighted by Gasteiger charge is -2.07. The molecule has 0 heterocycles. The lowest BCUT2D eigenvalue weighted by Crippen LogP contribution is -2.08. The molecule has 0 atom stereocenters. The Morgan fingerprint density at radius 3 is 2.23 bits per heavy atom. The van der Waals surface area contributed by atoms with Crippen LogP contribution in [-0.4, -0.2) is 11.8 Å². The van der Waals surface area contributed by atoms with E-state index < -0.39 is 5.97 Å². The first-order chi connectivity index (χ1) is 10.4. The molecule has 0 aliphatic carbocycles. The minimum atomic E-state index is -0.442. The second kappa shape index (κ2) is 6.39. The van der Waals surface area contributed by atoms with Crippen molar-refractivity contribution in [3.05, 3.63) is 66.3 Å². The maximum absolute atomic E-state index is 11.7. The first-order valence-electron chi connectivity index (χ1n) is 6.96. The second-order valence-corrected chi connectivity index (χ2v) is 5.39. The summed E-state index contributed by atoms with van der Waals surface area (Å²) in [6, 6.07) is 11.2. The van der Waals surface area contributed by atoms with Gasteiger partial charge < -0.3 is 4.74 Å². The van der Waals surface area contributed by atoms with E-state index in [4.69, 9.17) is 4.74 Å². The molecule has 0 aliphatic heterocycles. The smallest absolute Gasteiger partial charge is 0.338 e. The van der Waals surface area contributed by atoms with E-state index in [0.717, 1.165) is 16.3 Å². The van der Waals surface area contributed by atoms with Gasteiger partial charge in [-0.2, -0.15) is 0 Å². The SMILES string of the molecule is C=C(C)C(=O)Cc1ccc2cc(OC(=O)C(=C)C)ccc2c1. The zero-order valence-corrected chi connectivity index (χ0v) is 12.8. The normalized spacial score (nSPS) is 10.3. The number of allylic oxidation sites excluding steroid dienone is 1. The van der Waals surface area contributed by atoms with Gasteiger partial charge in [-0.05, 0) is 47.9 Å². The number of rotatable bonds is 5. The number of fused-ring (bicyclic) bond motifs is 1. The van der Waals surface area contributed by atoms with Gasteiger partial charge in [0.05, 0.1) is 0 Å². The van der Waals surface area contributed by atoms with E-state index in [1.165, 1.54) is 0 Å². The van der Waals surface area contributed by atoms with E-state index in [1.54, 1.807) is 26.0 Å². The standard InChI is InChI=1S/C19H18O3/c1-12(2)18(20)10-14-5-6-16-11-17(8-7-15(16)9-14)22-19(21)13(3)4/h5-9,11H,1,3,10H2,2,4H3. The first kappa shape index (κ1) is 15.7. The minimum Gasteiger partial charge on any atom is -0.423 e. The molecule has 3 heteroatoms. The zero-order valence-electron chi connectivity index (χ0n) is 12.8. The zero-order chi connectivity index (χ0) is 16.3. The van der Waals surface area contributed by atoms with Crippen LogP contribution < -0.4 is 4.74 Å². The Kier molecular flexibility index (Phi) is 4.56. The fraction of sp³-hybridized carbons (Fsp3) is 0.158. The molecule has 3 nitrogen and oxygen atoms in total. The van der Waals surface area contributed by atoms with Crippen LogP contribution in [0.15, 0.2) is 60.7 Å². The van der Waals surface area contributed by atoms with Gasteiger partial charge in [-0.3, -0.25) is 4.79 Å². The number of hydrogen-bond donors (Lipinski definition) is 0. The van der Waals surface area contributed by atoms with Crippen LogP contribution in [0, 0.1) is 0 Å². The Hall–Kier alpha value is -2.68. The molecule has 0 bridgehead atoms. The van der Waals surface area contributed by atoms with Crippen molar-refractivity contribution in [2.24, 2.45) is 0 Å². The predicted molar refractivity (Wildman–Crippen MR) is 87.9 cm³/mol. The quantitative estimate of drug-likeness (QED) is 0.475. The van der Waals surface area contributed by atoms with Gasteiger partial charge >= 0.3 is 5.97 Å². The summed E-state index contributed by atoms with van der Waals surface area (Å²) in [5.74, 6) is 0.0700. The summed E-state index contributed by atoms with van der Waals surface area (Å²) in [6.45, 7) is 10.5. The van der Waals surface area contributed by atoms with Crippen molar-refractivity contribution in [2.45, 2.75) is 20.3 Å². The van der Waals surface area contributed by atoms with E-state index in [-0.39, 0.29) is 5.78 Å². The van der Waals surface area contributed by atoms with Crippen molar-refractivity contribution >= 4 is 22.5 Å². The molecule has 0 spiro atoms. The van der Waals surface area contributed by atoms with E-state index in [1.807, 2.05) is 24.3 Å². The Morgan fingerprint density at radius 2 is 1.59 bits per heavy atom. The van der Waals surface area contributed by atoms with Crippen LogP contribution in [0.1, 0.15) is 19.4 Å². The van der Waals surface area contributed by atoms with Gasteiger partial charge in [-0.25, -0.2) is 4.79 Å². The molecule has 0 saturated heterocycles. The Labute approximate surface area is 129 Å². The molecule has 0 saturated carbocycles. The van der Waals surface area contributed by atoms with Crippen molar-refractivity contribution < 1.29 is 14.3 Å². The number of carbonyl (C=O) groups excluding carboxylic acids is 2. The summed E-state index contributed by atoms with van der Waals surface area (Å²) < 4.78 is 5.21. The summed E-state index contributed by atoms with van der Waals surface area (Å²) >= 11 is 0. The van der Waals surface area contributed by atoms with Crippen LogP contribution >= 0.6 is 0 Å². The van der Waals surface area contributed by atoms with Crippen LogP contribution in [-0.2, 0) is 16.0 Å². The molecule has 0 aromatic heterocycles. The second-order valence-electron chi connectivity index (χ2n) is 5.39. The number of ketones is 1. The lowest BCUT2D eigenvalue weighted by molar-refractivity contribution is -0.130. The maximum atomic E-state index is 11.7. The summed E-state index contributed by atoms with van der Waals surface area (Å²) in [5.41, 5.74) is 1.85. The van der Waals surface area contributed by atoms with Crippen LogP contribution in [0.3, 0.4) is 0 Å². The first-order valence-corrected chi connectivity index (χ1v) is 6.96. The van der Waals surface area contributed by atoms with Gasteiger partial charge in [0.15, 0.2) is 5.78 Å². The summed E-state index contributed by atoms with van der Waals surface area (Å²) in [6.07, 6.45) is 0.345. The Balaban J connectivity index is 2.25. The molecule has 0 aliphatic rings. The van der Waals surface area contributed by atoms with Gasteiger partial charge in [0.2, 0.25) is 0 Å². The predicted octanol–water partition coefficient (Wildman–Crippen LogP) is 4.01. The molecule has 0 radical (unpaired) electrons. The van der Waals surface area contributed by atoms with Gasteiger partial charge in [0.25, 0.3) is 0 Å². The largest absolute Gasteiger partial charge is 0.423 e. The molecular formula is C19H18O3. The molecule has 2 rings (SSSR count). The number of benzene rings is 2. The molecule has 0 N–H and O–H groups in total. The lowest BCUT2D eigenvalue weighted by atomic mass is 10.0. The highest BCUT2D eigenvalue weighted by Gasteiger charge is 2.08. The summed E-state index contributed by atoms with van der Waals surface area (Å²) in [5, 5.41) is 1.93. The van der Waals surface area contributed by atoms with Gasteiger partial charge in [-0.1, -0.05) is 37.4 Å². The average Bonchev–Trinajstić information content (AvgIpc) is 2.47. The van der Waals surface area contributed by atoms with Crippen molar-refractivity contribution in [1.82, 2.24) is 0 Å². The minimum absolute atomic E-state index is 0.0337. The highest BCUT2D eigenvalue weighted by molar-refractivity contribution is 5.96. The molecule has 0 fully saturated rings. The third-order valence-electron chi connectivity index (χ3n) is 3.28. The van der Waals surface area contributed by atoms with E-state index >= 15 is 0 Å². The van der Waals surface area contributed by atoms with Gasteiger partial charge in [0.1, 0.15) is 5.75 Å². The van der Waals surface area contributed by atoms with Crippen molar-refractivity contribution in [2.75, 3.05) is 0 Å². The monoisotopic (exact) mass is 294 g/mol. The van der Waals surface area contributed by atoms with Crippen molar-refractivity contribution in [1.29, 1.82) is 0 Å². The maximum Gasteiger partial charge on any atom is 0.338 e. The summed E-state index contributed by atoms with van der Waals surface area (Å²) in [7, 11) is 0. The van der Waals surface area contributed by atoms with Crippen molar-refractivity contribution in [3.63, 3.8) is 0 Å². The third-order valence-corrected chi connectivity index (χ3v) is 3.28.